The van der Waals surface area contributed by atoms with Crippen LogP contribution in [-0.4, -0.2) is 258 Å². The molecule has 624 valence electrons. The van der Waals surface area contributed by atoms with Crippen molar-refractivity contribution in [2.45, 2.75) is 81.1 Å². The lowest BCUT2D eigenvalue weighted by Gasteiger charge is -2.34. The summed E-state index contributed by atoms with van der Waals surface area (Å²) in [6.45, 7) is 26.8. The molecule has 6 N–H and O–H groups in total. The smallest absolute Gasteiger partial charge is 0.413 e. The molecule has 36 heteroatoms. The number of aromatic nitrogens is 15. The third kappa shape index (κ3) is 22.3. The van der Waals surface area contributed by atoms with Crippen molar-refractivity contribution in [2.24, 2.45) is 5.92 Å². The quantitative estimate of drug-likeness (QED) is 0.0343. The van der Waals surface area contributed by atoms with E-state index in [0.717, 1.165) is 106 Å². The van der Waals surface area contributed by atoms with Crippen LogP contribution in [0.1, 0.15) is 72.5 Å². The molecular formula is C84H96N24O12. The van der Waals surface area contributed by atoms with E-state index in [4.69, 9.17) is 43.4 Å². The van der Waals surface area contributed by atoms with Crippen molar-refractivity contribution >= 4 is 87.5 Å². The molecule has 12 heterocycles. The van der Waals surface area contributed by atoms with Crippen LogP contribution >= 0.6 is 0 Å². The Morgan fingerprint density at radius 2 is 0.667 bits per heavy atom. The van der Waals surface area contributed by atoms with Gasteiger partial charge in [-0.2, -0.15) is 0 Å². The first kappa shape index (κ1) is 84.2. The van der Waals surface area contributed by atoms with Gasteiger partial charge in [0.25, 0.3) is 0 Å². The Kier molecular flexibility index (Phi) is 28.4. The molecule has 9 aromatic heterocycles. The second-order valence-electron chi connectivity index (χ2n) is 28.8. The monoisotopic (exact) mass is 1630 g/mol. The highest BCUT2D eigenvalue weighted by Crippen LogP contribution is 2.36. The van der Waals surface area contributed by atoms with E-state index in [-0.39, 0.29) is 62.0 Å². The zero-order chi connectivity index (χ0) is 84.0. The molecule has 36 nitrogen and oxygen atoms in total. The molecular weight excluding hydrogens is 1540 g/mol. The minimum atomic E-state index is -0.587. The summed E-state index contributed by atoms with van der Waals surface area (Å²) >= 11 is 0. The number of anilines is 3. The lowest BCUT2D eigenvalue weighted by atomic mass is 10.0. The lowest BCUT2D eigenvalue weighted by molar-refractivity contribution is 0.0556. The Labute approximate surface area is 691 Å². The van der Waals surface area contributed by atoms with Gasteiger partial charge in [0.1, 0.15) is 16.6 Å². The van der Waals surface area contributed by atoms with E-state index in [1.54, 1.807) is 90.9 Å². The van der Waals surface area contributed by atoms with Crippen LogP contribution in [-0.2, 0) is 48.1 Å². The zero-order valence-corrected chi connectivity index (χ0v) is 68.1. The molecule has 0 spiro atoms. The van der Waals surface area contributed by atoms with Crippen LogP contribution in [0.2, 0.25) is 0 Å². The normalized spacial score (nSPS) is 13.9. The second kappa shape index (κ2) is 40.4. The molecule has 12 aromatic rings. The number of hydrogen-bond donors (Lipinski definition) is 6. The van der Waals surface area contributed by atoms with Gasteiger partial charge < -0.3 is 58.1 Å². The van der Waals surface area contributed by atoms with Gasteiger partial charge >= 0.3 is 36.6 Å². The number of imidazole rings is 3. The Morgan fingerprint density at radius 3 is 0.942 bits per heavy atom. The number of benzene rings is 3. The van der Waals surface area contributed by atoms with Gasteiger partial charge in [-0.25, -0.2) is 73.6 Å². The first-order valence-electron chi connectivity index (χ1n) is 39.9. The number of carbonyl (C=O) groups is 6. The second-order valence-corrected chi connectivity index (χ2v) is 28.8. The summed E-state index contributed by atoms with van der Waals surface area (Å²) < 4.78 is 30.7. The summed E-state index contributed by atoms with van der Waals surface area (Å²) in [5.41, 5.74) is 14.5. The zero-order valence-electron chi connectivity index (χ0n) is 68.1. The highest BCUT2D eigenvalue weighted by molar-refractivity contribution is 6.00. The number of pyridine rings is 3. The van der Waals surface area contributed by atoms with Crippen molar-refractivity contribution in [2.75, 3.05) is 128 Å². The van der Waals surface area contributed by atoms with Gasteiger partial charge in [-0.05, 0) is 137 Å². The Bertz CT molecular complexity index is 5450. The van der Waals surface area contributed by atoms with Crippen molar-refractivity contribution in [1.29, 1.82) is 0 Å². The molecule has 0 radical (unpaired) electrons. The fraction of sp³-hybridized carbons (Fsp3) is 0.357. The maximum absolute atomic E-state index is 12.2. The maximum Gasteiger partial charge on any atom is 0.413 e. The Hall–Kier alpha value is -13.7. The Morgan fingerprint density at radius 1 is 0.367 bits per heavy atom. The van der Waals surface area contributed by atoms with Crippen LogP contribution in [0.3, 0.4) is 0 Å². The van der Waals surface area contributed by atoms with Gasteiger partial charge in [0.05, 0.1) is 72.8 Å². The van der Waals surface area contributed by atoms with Gasteiger partial charge in [-0.15, -0.1) is 0 Å². The molecule has 0 unspecified atom stereocenters. The van der Waals surface area contributed by atoms with Crippen LogP contribution in [0.15, 0.2) is 147 Å². The molecule has 0 bridgehead atoms. The van der Waals surface area contributed by atoms with Gasteiger partial charge in [0, 0.05) is 187 Å². The van der Waals surface area contributed by atoms with Crippen LogP contribution in [0.5, 0.6) is 0 Å². The molecule has 15 rings (SSSR count). The molecule has 3 fully saturated rings. The predicted molar refractivity (Wildman–Crippen MR) is 448 cm³/mol. The summed E-state index contributed by atoms with van der Waals surface area (Å²) in [4.78, 5) is 148. The number of hydrogen-bond acceptors (Lipinski definition) is 27. The largest absolute Gasteiger partial charge is 0.450 e. The number of H-pyrrole nitrogens is 3. The number of carbonyl (C=O) groups excluding carboxylic acids is 6. The summed E-state index contributed by atoms with van der Waals surface area (Å²) in [5, 5.41) is 7.86. The first-order chi connectivity index (χ1) is 58.3. The van der Waals surface area contributed by atoms with Gasteiger partial charge in [0.15, 0.2) is 17.5 Å². The molecule has 0 aliphatic carbocycles. The minimum Gasteiger partial charge on any atom is -0.450 e. The number of fused-ring (bicyclic) bond motifs is 3. The number of nitrogens with one attached hydrogen (secondary N) is 6. The molecule has 120 heavy (non-hydrogen) atoms. The highest BCUT2D eigenvalue weighted by atomic mass is 16.6. The summed E-state index contributed by atoms with van der Waals surface area (Å²) in [6, 6.07) is 29.2. The fourth-order valence-electron chi connectivity index (χ4n) is 13.5. The number of amides is 6. The third-order valence-electron chi connectivity index (χ3n) is 19.3. The van der Waals surface area contributed by atoms with E-state index in [0.29, 0.717) is 129 Å². The molecule has 3 aliphatic rings. The molecule has 3 aromatic carbocycles. The summed E-state index contributed by atoms with van der Waals surface area (Å²) in [7, 11) is 0. The minimum absolute atomic E-state index is 0.123. The SMILES string of the molecule is CCOC(=O)Nc1nc2c(-c3ncccn3)cc(-c3ccc(CN4CCN(C(=O)OC(C)C)CC4)nc3)cc2[nH]1.CCOC(=O)Nc1nc2c(-c3ncccn3)cc(-c3ccc(CN4CCN(C(=O)OCC(C)C)CC4)nc3)cc2[nH]1.CCOC(=O)Nc1nc2c(-c3ncccn3)cc(-c3ccc(CN4CCN(C(=O)OCC)CC4)nc3)cc2[nH]1. The fourth-order valence-corrected chi connectivity index (χ4v) is 13.5. The molecule has 0 atom stereocenters. The van der Waals surface area contributed by atoms with Crippen LogP contribution in [0.25, 0.3) is 101 Å². The summed E-state index contributed by atoms with van der Waals surface area (Å²) in [5.74, 6) is 2.69. The van der Waals surface area contributed by atoms with Crippen molar-refractivity contribution < 1.29 is 57.2 Å². The van der Waals surface area contributed by atoms with E-state index in [1.807, 2.05) is 126 Å². The highest BCUT2D eigenvalue weighted by Gasteiger charge is 2.28. The number of rotatable bonds is 22. The molecule has 3 aliphatic heterocycles. The third-order valence-corrected chi connectivity index (χ3v) is 19.3. The van der Waals surface area contributed by atoms with E-state index in [2.05, 4.69) is 90.5 Å². The van der Waals surface area contributed by atoms with Crippen LogP contribution in [0, 0.1) is 5.92 Å². The van der Waals surface area contributed by atoms with Crippen LogP contribution < -0.4 is 16.0 Å². The average Bonchev–Trinajstić information content (AvgIpc) is 1.63. The standard InChI is InChI=1S/C29H34N8O4.C28H32N8O4.C27H30N8O4/c1-4-40-28(38)35-27-33-24-15-21(14-23(25(24)34-27)26-30-8-5-9-31-26)20-6-7-22(32-16-20)17-36-10-12-37(13-11-36)29(39)41-18-19(2)3;1-4-39-27(37)34-26-32-23-15-20(14-22(24(23)33-26)25-29-8-5-9-30-25)19-6-7-21(31-16-19)17-35-10-12-36(13-11-35)28(38)40-18(2)3;1-3-38-26(36)33-25-31-22-15-19(14-21(23(22)32-25)24-28-8-5-9-29-24)18-6-7-20(30-16-18)17-34-10-12-35(13-11-34)27(37)39-4-2/h5-9,14-16,19H,4,10-13,17-18H2,1-3H3,(H2,33,34,35,38);5-9,14-16,18H,4,10-13,17H2,1-3H3,(H2,32,33,34,37);5-9,14-16H,3-4,10-13,17H2,1-2H3,(H2,31,32,33,36). The van der Waals surface area contributed by atoms with Crippen molar-refractivity contribution in [3.8, 4) is 67.5 Å². The van der Waals surface area contributed by atoms with E-state index in [9.17, 15) is 28.8 Å². The van der Waals surface area contributed by atoms with E-state index < -0.39 is 18.3 Å². The van der Waals surface area contributed by atoms with E-state index >= 15 is 0 Å². The number of nitrogens with zero attached hydrogens (tertiary/aromatic N) is 18. The molecule has 3 saturated heterocycles. The van der Waals surface area contributed by atoms with Crippen LogP contribution in [0.4, 0.5) is 46.6 Å². The maximum atomic E-state index is 12.2. The van der Waals surface area contributed by atoms with Gasteiger partial charge in [-0.1, -0.05) is 32.0 Å². The summed E-state index contributed by atoms with van der Waals surface area (Å²) in [6.07, 6.45) is 13.0. The van der Waals surface area contributed by atoms with Gasteiger partial charge in [0.2, 0.25) is 17.8 Å². The van der Waals surface area contributed by atoms with Gasteiger partial charge in [-0.3, -0.25) is 45.6 Å². The number of ether oxygens (including phenoxy) is 6. The number of aromatic amines is 3. The lowest BCUT2D eigenvalue weighted by Crippen LogP contribution is -2.48. The van der Waals surface area contributed by atoms with Crippen molar-refractivity contribution in [1.82, 2.24) is 104 Å². The van der Waals surface area contributed by atoms with Crippen molar-refractivity contribution in [3.05, 3.63) is 164 Å². The number of piperazine rings is 3. The van der Waals surface area contributed by atoms with E-state index in [1.165, 1.54) is 0 Å². The molecule has 6 amide bonds. The first-order valence-corrected chi connectivity index (χ1v) is 39.9. The molecule has 0 saturated carbocycles. The topological polar surface area (TPSA) is 415 Å². The Balaban J connectivity index is 0.000000156. The predicted octanol–water partition coefficient (Wildman–Crippen LogP) is 12.8. The van der Waals surface area contributed by atoms with Crippen molar-refractivity contribution in [3.63, 3.8) is 0 Å². The average molecular weight is 1630 g/mol.